The maximum absolute atomic E-state index is 9.04. The Hall–Kier alpha value is -1.40. The first-order valence-electron chi connectivity index (χ1n) is 6.65. The number of anilines is 2. The van der Waals surface area contributed by atoms with Crippen LogP contribution >= 0.6 is 0 Å². The van der Waals surface area contributed by atoms with E-state index < -0.39 is 0 Å². The van der Waals surface area contributed by atoms with Crippen LogP contribution in [0.3, 0.4) is 0 Å². The molecular weight excluding hydrogens is 244 g/mol. The summed E-state index contributed by atoms with van der Waals surface area (Å²) in [6.45, 7) is 5.54. The fraction of sp³-hybridized carbons (Fsp3) is 0.692. The van der Waals surface area contributed by atoms with Crippen molar-refractivity contribution in [1.29, 1.82) is 0 Å². The SMILES string of the molecule is CCCNc1ncc(C)c(NC(CCO)COC)n1. The van der Waals surface area contributed by atoms with Crippen LogP contribution in [-0.4, -0.2) is 48.0 Å². The second kappa shape index (κ2) is 8.66. The van der Waals surface area contributed by atoms with Gasteiger partial charge in [0.1, 0.15) is 5.82 Å². The number of nitrogens with zero attached hydrogens (tertiary/aromatic N) is 2. The zero-order valence-electron chi connectivity index (χ0n) is 11.9. The van der Waals surface area contributed by atoms with Gasteiger partial charge in [-0.15, -0.1) is 0 Å². The second-order valence-corrected chi connectivity index (χ2v) is 4.46. The van der Waals surface area contributed by atoms with Crippen molar-refractivity contribution in [2.24, 2.45) is 0 Å². The zero-order valence-corrected chi connectivity index (χ0v) is 11.9. The summed E-state index contributed by atoms with van der Waals surface area (Å²) in [6.07, 6.45) is 3.43. The fourth-order valence-corrected chi connectivity index (χ4v) is 1.66. The number of aryl methyl sites for hydroxylation is 1. The number of nitrogens with one attached hydrogen (secondary N) is 2. The first-order valence-corrected chi connectivity index (χ1v) is 6.65. The monoisotopic (exact) mass is 268 g/mol. The van der Waals surface area contributed by atoms with Crippen molar-refractivity contribution in [3.8, 4) is 0 Å². The van der Waals surface area contributed by atoms with Crippen molar-refractivity contribution in [2.75, 3.05) is 37.5 Å². The molecule has 0 aromatic carbocycles. The summed E-state index contributed by atoms with van der Waals surface area (Å²) in [4.78, 5) is 8.68. The van der Waals surface area contributed by atoms with Gasteiger partial charge in [-0.1, -0.05) is 6.92 Å². The minimum atomic E-state index is 0.0441. The second-order valence-electron chi connectivity index (χ2n) is 4.46. The molecule has 6 heteroatoms. The lowest BCUT2D eigenvalue weighted by Crippen LogP contribution is -2.27. The summed E-state index contributed by atoms with van der Waals surface area (Å²) in [7, 11) is 1.65. The van der Waals surface area contributed by atoms with Crippen LogP contribution in [0, 0.1) is 6.92 Å². The molecule has 19 heavy (non-hydrogen) atoms. The Bertz CT molecular complexity index is 368. The van der Waals surface area contributed by atoms with Crippen molar-refractivity contribution < 1.29 is 9.84 Å². The molecule has 1 aromatic rings. The molecule has 0 aliphatic rings. The Morgan fingerprint density at radius 2 is 2.26 bits per heavy atom. The summed E-state index contributed by atoms with van der Waals surface area (Å²) in [5.41, 5.74) is 0.973. The highest BCUT2D eigenvalue weighted by atomic mass is 16.5. The molecule has 1 unspecified atom stereocenters. The number of hydrogen-bond acceptors (Lipinski definition) is 6. The number of aliphatic hydroxyl groups excluding tert-OH is 1. The third-order valence-corrected chi connectivity index (χ3v) is 2.69. The van der Waals surface area contributed by atoms with Gasteiger partial charge in [0.2, 0.25) is 5.95 Å². The third kappa shape index (κ3) is 5.40. The summed E-state index contributed by atoms with van der Waals surface area (Å²) in [6, 6.07) is 0.0441. The van der Waals surface area contributed by atoms with Crippen LogP contribution in [0.25, 0.3) is 0 Å². The van der Waals surface area contributed by atoms with E-state index in [9.17, 15) is 0 Å². The Balaban J connectivity index is 2.73. The van der Waals surface area contributed by atoms with E-state index in [4.69, 9.17) is 9.84 Å². The van der Waals surface area contributed by atoms with Gasteiger partial charge in [0.25, 0.3) is 0 Å². The Labute approximate surface area is 114 Å². The summed E-state index contributed by atoms with van der Waals surface area (Å²) in [5, 5.41) is 15.5. The molecule has 0 radical (unpaired) electrons. The molecule has 0 amide bonds. The molecule has 0 aliphatic heterocycles. The highest BCUT2D eigenvalue weighted by molar-refractivity contribution is 5.47. The minimum Gasteiger partial charge on any atom is -0.396 e. The highest BCUT2D eigenvalue weighted by Gasteiger charge is 2.11. The lowest BCUT2D eigenvalue weighted by molar-refractivity contribution is 0.170. The smallest absolute Gasteiger partial charge is 0.224 e. The normalized spacial score (nSPS) is 12.2. The van der Waals surface area contributed by atoms with Crippen molar-refractivity contribution >= 4 is 11.8 Å². The predicted molar refractivity (Wildman–Crippen MR) is 76.5 cm³/mol. The number of ether oxygens (including phenoxy) is 1. The van der Waals surface area contributed by atoms with Crippen molar-refractivity contribution in [2.45, 2.75) is 32.7 Å². The fourth-order valence-electron chi connectivity index (χ4n) is 1.66. The molecule has 0 spiro atoms. The predicted octanol–water partition coefficient (Wildman–Crippen LogP) is 1.42. The van der Waals surface area contributed by atoms with Crippen molar-refractivity contribution in [3.63, 3.8) is 0 Å². The van der Waals surface area contributed by atoms with Crippen LogP contribution in [0.2, 0.25) is 0 Å². The molecule has 1 atom stereocenters. The van der Waals surface area contributed by atoms with Crippen molar-refractivity contribution in [3.05, 3.63) is 11.8 Å². The van der Waals surface area contributed by atoms with Crippen LogP contribution < -0.4 is 10.6 Å². The van der Waals surface area contributed by atoms with E-state index in [2.05, 4.69) is 27.5 Å². The van der Waals surface area contributed by atoms with E-state index in [1.165, 1.54) is 0 Å². The Morgan fingerprint density at radius 1 is 1.47 bits per heavy atom. The Kier molecular flexibility index (Phi) is 7.14. The van der Waals surface area contributed by atoms with E-state index in [0.29, 0.717) is 19.0 Å². The van der Waals surface area contributed by atoms with Gasteiger partial charge >= 0.3 is 0 Å². The quantitative estimate of drug-likeness (QED) is 0.628. The maximum Gasteiger partial charge on any atom is 0.224 e. The molecule has 6 nitrogen and oxygen atoms in total. The Morgan fingerprint density at radius 3 is 2.89 bits per heavy atom. The van der Waals surface area contributed by atoms with Gasteiger partial charge in [0.05, 0.1) is 12.6 Å². The molecule has 0 saturated carbocycles. The van der Waals surface area contributed by atoms with Crippen LogP contribution in [-0.2, 0) is 4.74 Å². The molecule has 1 rings (SSSR count). The number of aliphatic hydroxyl groups is 1. The molecule has 1 aromatic heterocycles. The van der Waals surface area contributed by atoms with Gasteiger partial charge in [-0.05, 0) is 19.8 Å². The van der Waals surface area contributed by atoms with Crippen LogP contribution in [0.5, 0.6) is 0 Å². The maximum atomic E-state index is 9.04. The third-order valence-electron chi connectivity index (χ3n) is 2.69. The summed E-state index contributed by atoms with van der Waals surface area (Å²) < 4.78 is 5.13. The number of hydrogen-bond donors (Lipinski definition) is 3. The van der Waals surface area contributed by atoms with Gasteiger partial charge in [-0.2, -0.15) is 4.98 Å². The molecular formula is C13H24N4O2. The largest absolute Gasteiger partial charge is 0.396 e. The standard InChI is InChI=1S/C13H24N4O2/c1-4-6-14-13-15-8-10(2)12(17-13)16-11(5-7-18)9-19-3/h8,11,18H,4-7,9H2,1-3H3,(H2,14,15,16,17). The van der Waals surface area contributed by atoms with E-state index in [-0.39, 0.29) is 12.6 Å². The summed E-state index contributed by atoms with van der Waals surface area (Å²) in [5.74, 6) is 1.40. The highest BCUT2D eigenvalue weighted by Crippen LogP contribution is 2.14. The lowest BCUT2D eigenvalue weighted by Gasteiger charge is -2.19. The van der Waals surface area contributed by atoms with Crippen LogP contribution in [0.4, 0.5) is 11.8 Å². The molecule has 1 heterocycles. The van der Waals surface area contributed by atoms with Gasteiger partial charge in [-0.3, -0.25) is 0 Å². The zero-order chi connectivity index (χ0) is 14.1. The lowest BCUT2D eigenvalue weighted by atomic mass is 10.2. The van der Waals surface area contributed by atoms with E-state index in [0.717, 1.165) is 24.3 Å². The van der Waals surface area contributed by atoms with E-state index in [1.807, 2.05) is 6.92 Å². The first kappa shape index (κ1) is 15.7. The molecule has 108 valence electrons. The topological polar surface area (TPSA) is 79.3 Å². The average Bonchev–Trinajstić information content (AvgIpc) is 2.40. The van der Waals surface area contributed by atoms with Crippen molar-refractivity contribution in [1.82, 2.24) is 9.97 Å². The van der Waals surface area contributed by atoms with Crippen LogP contribution in [0.15, 0.2) is 6.20 Å². The summed E-state index contributed by atoms with van der Waals surface area (Å²) >= 11 is 0. The van der Waals surface area contributed by atoms with E-state index >= 15 is 0 Å². The molecule has 0 saturated heterocycles. The van der Waals surface area contributed by atoms with Gasteiger partial charge in [0.15, 0.2) is 0 Å². The van der Waals surface area contributed by atoms with Crippen LogP contribution in [0.1, 0.15) is 25.3 Å². The average molecular weight is 268 g/mol. The minimum absolute atomic E-state index is 0.0441. The number of aromatic nitrogens is 2. The molecule has 0 fully saturated rings. The number of rotatable bonds is 9. The first-order chi connectivity index (χ1) is 9.21. The van der Waals surface area contributed by atoms with Gasteiger partial charge < -0.3 is 20.5 Å². The van der Waals surface area contributed by atoms with Gasteiger partial charge in [0, 0.05) is 32.0 Å². The van der Waals surface area contributed by atoms with Gasteiger partial charge in [-0.25, -0.2) is 4.98 Å². The molecule has 3 N–H and O–H groups in total. The molecule has 0 aliphatic carbocycles. The van der Waals surface area contributed by atoms with E-state index in [1.54, 1.807) is 13.3 Å². The number of methoxy groups -OCH3 is 1. The molecule has 0 bridgehead atoms.